The maximum Gasteiger partial charge on any atom is 0.226 e. The Labute approximate surface area is 192 Å². The average molecular weight is 469 g/mol. The van der Waals surface area contributed by atoms with Crippen molar-refractivity contribution in [1.29, 1.82) is 0 Å². The molecule has 0 aromatic heterocycles. The Morgan fingerprint density at radius 2 is 1.10 bits per heavy atom. The van der Waals surface area contributed by atoms with Gasteiger partial charge in [0.15, 0.2) is 0 Å². The molecule has 5 heteroatoms. The van der Waals surface area contributed by atoms with Gasteiger partial charge in [-0.2, -0.15) is 0 Å². The van der Waals surface area contributed by atoms with Crippen LogP contribution >= 0.6 is 15.8 Å². The third kappa shape index (κ3) is 9.28. The quantitative estimate of drug-likeness (QED) is 0.233. The van der Waals surface area contributed by atoms with E-state index in [4.69, 9.17) is 0 Å². The molecule has 0 aliphatic carbocycles. The van der Waals surface area contributed by atoms with Crippen molar-refractivity contribution >= 4 is 29.9 Å². The lowest BCUT2D eigenvalue weighted by molar-refractivity contribution is 0.473. The van der Waals surface area contributed by atoms with Crippen LogP contribution in [0.3, 0.4) is 0 Å². The lowest BCUT2D eigenvalue weighted by atomic mass is 10.2. The van der Waals surface area contributed by atoms with Crippen molar-refractivity contribution in [2.45, 2.75) is 98.0 Å². The number of rotatable bonds is 13. The van der Waals surface area contributed by atoms with Crippen molar-refractivity contribution in [2.75, 3.05) is 30.4 Å². The summed E-state index contributed by atoms with van der Waals surface area (Å²) in [5, 5.41) is 0. The van der Waals surface area contributed by atoms with Crippen molar-refractivity contribution in [3.05, 3.63) is 29.8 Å². The highest BCUT2D eigenvalue weighted by molar-refractivity contribution is 7.59. The Balaban J connectivity index is 2.99. The second kappa shape index (κ2) is 12.9. The topological polar surface area (TPSA) is 15.3 Å². The van der Waals surface area contributed by atoms with Crippen LogP contribution in [0.15, 0.2) is 24.3 Å². The van der Waals surface area contributed by atoms with Gasteiger partial charge >= 0.3 is 0 Å². The Bertz CT molecular complexity index is 560. The van der Waals surface area contributed by atoms with Gasteiger partial charge in [0, 0.05) is 5.69 Å². The zero-order chi connectivity index (χ0) is 23.1. The molecule has 0 saturated carbocycles. The number of benzene rings is 1. The molecule has 1 N–H and O–H groups in total. The number of aryl methyl sites for hydroxylation is 1. The number of hydrogen-bond acceptors (Lipinski definition) is 2. The summed E-state index contributed by atoms with van der Waals surface area (Å²) in [4.78, 5) is 3.99. The summed E-state index contributed by atoms with van der Waals surface area (Å²) in [6.45, 7) is 29.1. The molecular formula is C25H50N2P2Si. The summed E-state index contributed by atoms with van der Waals surface area (Å²) in [6, 6.07) is 8.97. The van der Waals surface area contributed by atoms with Gasteiger partial charge in [-0.25, -0.2) is 0 Å². The number of nitrogens with one attached hydrogen (secondary N) is 1. The highest BCUT2D eigenvalue weighted by Gasteiger charge is 2.32. The third-order valence-electron chi connectivity index (χ3n) is 6.20. The van der Waals surface area contributed by atoms with Crippen LogP contribution in [0.4, 0.5) is 5.69 Å². The van der Waals surface area contributed by atoms with Gasteiger partial charge in [-0.15, -0.1) is 15.8 Å². The summed E-state index contributed by atoms with van der Waals surface area (Å²) < 4.78 is 2.88. The monoisotopic (exact) mass is 468 g/mol. The van der Waals surface area contributed by atoms with Gasteiger partial charge in [0.25, 0.3) is 0 Å². The van der Waals surface area contributed by atoms with E-state index in [-0.39, 0.29) is 15.8 Å². The van der Waals surface area contributed by atoms with Crippen LogP contribution in [-0.2, 0) is 0 Å². The van der Waals surface area contributed by atoms with E-state index in [0.29, 0.717) is 0 Å². The number of anilines is 1. The molecule has 1 rings (SSSR count). The SMILES string of the molecule is Cc1ccc(N[Si](C)(C)N(CCP(C(C)C)C(C)C)CCP(C(C)C)C(C)C)cc1. The van der Waals surface area contributed by atoms with Gasteiger partial charge < -0.3 is 9.55 Å². The van der Waals surface area contributed by atoms with Gasteiger partial charge in [0.1, 0.15) is 0 Å². The molecular weight excluding hydrogens is 418 g/mol. The lowest BCUT2D eigenvalue weighted by Crippen LogP contribution is -2.57. The predicted molar refractivity (Wildman–Crippen MR) is 148 cm³/mol. The Hall–Kier alpha value is 0.0569. The van der Waals surface area contributed by atoms with E-state index in [0.717, 1.165) is 22.6 Å². The fraction of sp³-hybridized carbons (Fsp3) is 0.760. The first-order chi connectivity index (χ1) is 13.8. The normalized spacial score (nSPS) is 13.1. The molecule has 0 unspecified atom stereocenters. The van der Waals surface area contributed by atoms with E-state index in [1.165, 1.54) is 36.7 Å². The molecule has 0 heterocycles. The molecule has 30 heavy (non-hydrogen) atoms. The second-order valence-electron chi connectivity index (χ2n) is 10.4. The first-order valence-electron chi connectivity index (χ1n) is 12.0. The minimum absolute atomic E-state index is 0.0852. The molecule has 2 nitrogen and oxygen atoms in total. The maximum atomic E-state index is 3.99. The van der Waals surface area contributed by atoms with Crippen molar-refractivity contribution in [1.82, 2.24) is 4.57 Å². The predicted octanol–water partition coefficient (Wildman–Crippen LogP) is 8.01. The van der Waals surface area contributed by atoms with E-state index in [2.05, 4.69) is 109 Å². The van der Waals surface area contributed by atoms with Gasteiger partial charge in [0.05, 0.1) is 0 Å². The van der Waals surface area contributed by atoms with E-state index >= 15 is 0 Å². The van der Waals surface area contributed by atoms with Crippen LogP contribution in [-0.4, -0.2) is 61.0 Å². The highest BCUT2D eigenvalue weighted by Crippen LogP contribution is 2.47. The molecule has 0 fully saturated rings. The molecule has 0 atom stereocenters. The summed E-state index contributed by atoms with van der Waals surface area (Å²) >= 11 is 0. The summed E-state index contributed by atoms with van der Waals surface area (Å²) in [6.07, 6.45) is 2.75. The zero-order valence-corrected chi connectivity index (χ0v) is 24.6. The molecule has 174 valence electrons. The smallest absolute Gasteiger partial charge is 0.226 e. The van der Waals surface area contributed by atoms with Crippen molar-refractivity contribution in [3.8, 4) is 0 Å². The minimum Gasteiger partial charge on any atom is -0.399 e. The Morgan fingerprint density at radius 3 is 1.43 bits per heavy atom. The Kier molecular flexibility index (Phi) is 12.1. The summed E-state index contributed by atoms with van der Waals surface area (Å²) in [5.41, 5.74) is 5.89. The van der Waals surface area contributed by atoms with Crippen molar-refractivity contribution in [3.63, 3.8) is 0 Å². The molecule has 0 aliphatic heterocycles. The zero-order valence-electron chi connectivity index (χ0n) is 21.8. The number of nitrogens with zero attached hydrogens (tertiary/aromatic N) is 1. The average Bonchev–Trinajstić information content (AvgIpc) is 2.60. The van der Waals surface area contributed by atoms with Crippen LogP contribution in [0.5, 0.6) is 0 Å². The first-order valence-corrected chi connectivity index (χ1v) is 18.2. The third-order valence-corrected chi connectivity index (χ3v) is 15.9. The minimum atomic E-state index is -1.76. The van der Waals surface area contributed by atoms with Gasteiger partial charge in [-0.1, -0.05) is 73.1 Å². The molecule has 0 amide bonds. The molecule has 0 radical (unpaired) electrons. The van der Waals surface area contributed by atoms with Gasteiger partial charge in [-0.3, -0.25) is 0 Å². The van der Waals surface area contributed by atoms with Gasteiger partial charge in [-0.05, 0) is 80.2 Å². The summed E-state index contributed by atoms with van der Waals surface area (Å²) in [5.74, 6) is 0. The van der Waals surface area contributed by atoms with Gasteiger partial charge in [0.2, 0.25) is 8.40 Å². The molecule has 1 aromatic carbocycles. The van der Waals surface area contributed by atoms with Crippen LogP contribution in [0.25, 0.3) is 0 Å². The standard InChI is InChI=1S/C25H50N2P2Si/c1-20(2)28(21(3)4)18-16-27(17-19-29(22(5)6)23(7)8)30(10,11)26-25-14-12-24(9)13-15-25/h12-15,20-23,26H,16-19H2,1-11H3. The van der Waals surface area contributed by atoms with E-state index < -0.39 is 8.40 Å². The molecule has 0 aliphatic rings. The number of hydrogen-bond donors (Lipinski definition) is 1. The largest absolute Gasteiger partial charge is 0.399 e. The molecule has 0 bridgehead atoms. The lowest BCUT2D eigenvalue weighted by Gasteiger charge is -2.41. The van der Waals surface area contributed by atoms with Crippen LogP contribution in [0.2, 0.25) is 13.1 Å². The summed E-state index contributed by atoms with van der Waals surface area (Å²) in [7, 11) is -1.59. The molecule has 0 spiro atoms. The van der Waals surface area contributed by atoms with Crippen LogP contribution < -0.4 is 4.98 Å². The fourth-order valence-electron chi connectivity index (χ4n) is 4.44. The maximum absolute atomic E-state index is 3.99. The van der Waals surface area contributed by atoms with Crippen LogP contribution in [0.1, 0.15) is 61.0 Å². The van der Waals surface area contributed by atoms with Crippen molar-refractivity contribution < 1.29 is 0 Å². The fourth-order valence-corrected chi connectivity index (χ4v) is 12.6. The Morgan fingerprint density at radius 1 is 0.733 bits per heavy atom. The van der Waals surface area contributed by atoms with Crippen molar-refractivity contribution in [2.24, 2.45) is 0 Å². The molecule has 0 saturated heterocycles. The first kappa shape index (κ1) is 28.1. The van der Waals surface area contributed by atoms with E-state index in [1.807, 2.05) is 0 Å². The highest BCUT2D eigenvalue weighted by atomic mass is 31.1. The second-order valence-corrected chi connectivity index (χ2v) is 21.5. The molecule has 1 aromatic rings. The van der Waals surface area contributed by atoms with Crippen LogP contribution in [0, 0.1) is 6.92 Å². The van der Waals surface area contributed by atoms with E-state index in [1.54, 1.807) is 0 Å². The van der Waals surface area contributed by atoms with E-state index in [9.17, 15) is 0 Å².